The maximum Gasteiger partial charge on any atom is 0.165 e. The van der Waals surface area contributed by atoms with Crippen LogP contribution in [0.4, 0.5) is 10.2 Å². The molecule has 0 amide bonds. The number of hydrogen-bond donors (Lipinski definition) is 4. The Morgan fingerprint density at radius 1 is 1.15 bits per heavy atom. The molecule has 134 valence electrons. The number of aromatic nitrogens is 2. The van der Waals surface area contributed by atoms with Crippen LogP contribution in [-0.4, -0.2) is 45.9 Å². The number of rotatable bonds is 4. The smallest absolute Gasteiger partial charge is 0.165 e. The van der Waals surface area contributed by atoms with E-state index in [4.69, 9.17) is 0 Å². The van der Waals surface area contributed by atoms with Gasteiger partial charge in [0, 0.05) is 37.0 Å². The molecule has 2 aromatic carbocycles. The number of aliphatic hydroxyl groups excluding tert-OH is 1. The maximum absolute atomic E-state index is 13.7. The summed E-state index contributed by atoms with van der Waals surface area (Å²) in [5, 5.41) is 27.1. The van der Waals surface area contributed by atoms with Gasteiger partial charge < -0.3 is 20.8 Å². The number of phenols is 1. The van der Waals surface area contributed by atoms with Gasteiger partial charge in [-0.3, -0.25) is 0 Å². The van der Waals surface area contributed by atoms with Crippen LogP contribution in [-0.2, 0) is 0 Å². The van der Waals surface area contributed by atoms with Crippen LogP contribution >= 0.6 is 0 Å². The number of aromatic hydroxyl groups is 1. The summed E-state index contributed by atoms with van der Waals surface area (Å²) in [4.78, 5) is 9.03. The third-order valence-corrected chi connectivity index (χ3v) is 4.70. The molecule has 2 unspecified atom stereocenters. The van der Waals surface area contributed by atoms with Crippen molar-refractivity contribution in [3.05, 3.63) is 48.3 Å². The summed E-state index contributed by atoms with van der Waals surface area (Å²) in [7, 11) is 0. The Morgan fingerprint density at radius 3 is 2.85 bits per heavy atom. The summed E-state index contributed by atoms with van der Waals surface area (Å²) < 4.78 is 13.7. The van der Waals surface area contributed by atoms with Gasteiger partial charge in [0.25, 0.3) is 0 Å². The minimum absolute atomic E-state index is 0.0206. The number of benzene rings is 2. The van der Waals surface area contributed by atoms with Crippen LogP contribution in [0.5, 0.6) is 5.75 Å². The fraction of sp³-hybridized carbons (Fsp3) is 0.263. The van der Waals surface area contributed by atoms with E-state index in [1.807, 2.05) is 24.3 Å². The van der Waals surface area contributed by atoms with E-state index >= 15 is 0 Å². The molecule has 1 aromatic heterocycles. The van der Waals surface area contributed by atoms with Crippen LogP contribution in [0, 0.1) is 11.7 Å². The lowest BCUT2D eigenvalue weighted by Crippen LogP contribution is -2.30. The van der Waals surface area contributed by atoms with E-state index in [0.717, 1.165) is 11.9 Å². The fourth-order valence-corrected chi connectivity index (χ4v) is 3.26. The minimum Gasteiger partial charge on any atom is -0.507 e. The highest BCUT2D eigenvalue weighted by Gasteiger charge is 2.27. The van der Waals surface area contributed by atoms with Crippen LogP contribution in [0.3, 0.4) is 0 Å². The first kappa shape index (κ1) is 16.7. The molecule has 1 aliphatic heterocycles. The zero-order valence-corrected chi connectivity index (χ0v) is 14.0. The molecule has 0 saturated carbocycles. The molecule has 1 fully saturated rings. The van der Waals surface area contributed by atoms with E-state index < -0.39 is 5.82 Å². The van der Waals surface area contributed by atoms with Crippen molar-refractivity contribution in [3.63, 3.8) is 0 Å². The Labute approximate surface area is 149 Å². The van der Waals surface area contributed by atoms with Gasteiger partial charge in [-0.1, -0.05) is 12.1 Å². The number of aliphatic hydroxyl groups is 1. The van der Waals surface area contributed by atoms with E-state index in [0.29, 0.717) is 17.9 Å². The van der Waals surface area contributed by atoms with Crippen molar-refractivity contribution >= 4 is 16.7 Å². The molecule has 3 aromatic rings. The van der Waals surface area contributed by atoms with Crippen LogP contribution in [0.1, 0.15) is 0 Å². The number of nitrogens with one attached hydrogen (secondary N) is 2. The molecule has 6 nitrogen and oxygen atoms in total. The Bertz CT molecular complexity index is 950. The topological polar surface area (TPSA) is 90.3 Å². The first-order chi connectivity index (χ1) is 12.7. The molecule has 1 saturated heterocycles. The second-order valence-electron chi connectivity index (χ2n) is 6.43. The molecule has 4 N–H and O–H groups in total. The van der Waals surface area contributed by atoms with Gasteiger partial charge in [0.05, 0.1) is 11.1 Å². The zero-order chi connectivity index (χ0) is 18.1. The van der Waals surface area contributed by atoms with Crippen LogP contribution in [0.15, 0.2) is 42.5 Å². The number of para-hydroxylation sites is 1. The molecular formula is C19H19FN4O2. The Kier molecular flexibility index (Phi) is 4.40. The predicted molar refractivity (Wildman–Crippen MR) is 97.5 cm³/mol. The van der Waals surface area contributed by atoms with Gasteiger partial charge >= 0.3 is 0 Å². The summed E-state index contributed by atoms with van der Waals surface area (Å²) in [5.74, 6) is 0.374. The Morgan fingerprint density at radius 2 is 2.00 bits per heavy atom. The van der Waals surface area contributed by atoms with Gasteiger partial charge in [-0.25, -0.2) is 14.4 Å². The van der Waals surface area contributed by atoms with E-state index in [9.17, 15) is 14.6 Å². The molecule has 2 atom stereocenters. The second-order valence-corrected chi connectivity index (χ2v) is 6.43. The van der Waals surface area contributed by atoms with Gasteiger partial charge in [-0.2, -0.15) is 0 Å². The first-order valence-corrected chi connectivity index (χ1v) is 8.49. The van der Waals surface area contributed by atoms with Gasteiger partial charge in [0.2, 0.25) is 0 Å². The van der Waals surface area contributed by atoms with Gasteiger partial charge in [-0.05, 0) is 30.3 Å². The average Bonchev–Trinajstić information content (AvgIpc) is 3.11. The number of hydrogen-bond acceptors (Lipinski definition) is 6. The Balaban J connectivity index is 1.82. The molecule has 1 aliphatic rings. The van der Waals surface area contributed by atoms with Crippen molar-refractivity contribution in [2.75, 3.05) is 25.0 Å². The molecule has 4 rings (SSSR count). The van der Waals surface area contributed by atoms with Crippen molar-refractivity contribution in [2.45, 2.75) is 6.04 Å². The third-order valence-electron chi connectivity index (χ3n) is 4.70. The van der Waals surface area contributed by atoms with Crippen LogP contribution in [0.25, 0.3) is 22.3 Å². The lowest BCUT2D eigenvalue weighted by Gasteiger charge is -2.20. The minimum atomic E-state index is -0.468. The normalized spacial score (nSPS) is 19.8. The van der Waals surface area contributed by atoms with Crippen LogP contribution < -0.4 is 10.6 Å². The largest absolute Gasteiger partial charge is 0.507 e. The quantitative estimate of drug-likeness (QED) is 0.574. The molecule has 0 bridgehead atoms. The monoisotopic (exact) mass is 354 g/mol. The van der Waals surface area contributed by atoms with E-state index in [1.54, 1.807) is 0 Å². The summed E-state index contributed by atoms with van der Waals surface area (Å²) >= 11 is 0. The summed E-state index contributed by atoms with van der Waals surface area (Å²) in [6.45, 7) is 1.52. The highest BCUT2D eigenvalue weighted by Crippen LogP contribution is 2.31. The third kappa shape index (κ3) is 3.07. The molecule has 0 aliphatic carbocycles. The number of anilines is 1. The summed E-state index contributed by atoms with van der Waals surface area (Å²) in [6.07, 6.45) is 0. The molecular weight excluding hydrogens is 335 g/mol. The number of halogens is 1. The van der Waals surface area contributed by atoms with E-state index in [2.05, 4.69) is 20.6 Å². The second kappa shape index (κ2) is 6.86. The zero-order valence-electron chi connectivity index (χ0n) is 14.0. The highest BCUT2D eigenvalue weighted by molar-refractivity contribution is 5.91. The van der Waals surface area contributed by atoms with Crippen molar-refractivity contribution in [1.29, 1.82) is 0 Å². The highest BCUT2D eigenvalue weighted by atomic mass is 19.1. The lowest BCUT2D eigenvalue weighted by molar-refractivity contribution is 0.231. The number of fused-ring (bicyclic) bond motifs is 1. The fourth-order valence-electron chi connectivity index (χ4n) is 3.26. The molecule has 0 radical (unpaired) electrons. The van der Waals surface area contributed by atoms with Gasteiger partial charge in [0.1, 0.15) is 17.4 Å². The van der Waals surface area contributed by atoms with Gasteiger partial charge in [0.15, 0.2) is 5.82 Å². The summed E-state index contributed by atoms with van der Waals surface area (Å²) in [5.41, 5.74) is 0.928. The number of phenolic OH excluding ortho intramolecular Hbond substituents is 1. The van der Waals surface area contributed by atoms with Crippen molar-refractivity contribution in [2.24, 2.45) is 5.92 Å². The SMILES string of the molecule is OCC1CNCC1Nc1nc(-c2cc(F)ccc2O)nc2ccccc12. The number of nitrogens with zero attached hydrogens (tertiary/aromatic N) is 2. The molecule has 26 heavy (non-hydrogen) atoms. The van der Waals surface area contributed by atoms with Crippen molar-refractivity contribution in [3.8, 4) is 17.1 Å². The lowest BCUT2D eigenvalue weighted by atomic mass is 10.0. The maximum atomic E-state index is 13.7. The van der Waals surface area contributed by atoms with Crippen molar-refractivity contribution in [1.82, 2.24) is 15.3 Å². The molecule has 2 heterocycles. The van der Waals surface area contributed by atoms with Gasteiger partial charge in [-0.15, -0.1) is 0 Å². The molecule has 0 spiro atoms. The standard InChI is InChI=1S/C19H19FN4O2/c20-12-5-6-17(26)14(7-12)19-22-15-4-2-1-3-13(15)18(24-19)23-16-9-21-8-11(16)10-25/h1-7,11,16,21,25-26H,8-10H2,(H,22,23,24). The van der Waals surface area contributed by atoms with Crippen molar-refractivity contribution < 1.29 is 14.6 Å². The Hall–Kier alpha value is -2.77. The first-order valence-electron chi connectivity index (χ1n) is 8.49. The van der Waals surface area contributed by atoms with E-state index in [1.165, 1.54) is 18.2 Å². The van der Waals surface area contributed by atoms with Crippen LogP contribution in [0.2, 0.25) is 0 Å². The predicted octanol–water partition coefficient (Wildman–Crippen LogP) is 2.13. The molecule has 7 heteroatoms. The summed E-state index contributed by atoms with van der Waals surface area (Å²) in [6, 6.07) is 11.2. The van der Waals surface area contributed by atoms with E-state index in [-0.39, 0.29) is 35.7 Å². The average molecular weight is 354 g/mol.